The van der Waals surface area contributed by atoms with Gasteiger partial charge < -0.3 is 32.2 Å². The predicted molar refractivity (Wildman–Crippen MR) is 91.9 cm³/mol. The second-order valence-electron chi connectivity index (χ2n) is 3.32. The van der Waals surface area contributed by atoms with Crippen molar-refractivity contribution in [3.05, 3.63) is 117 Å². The van der Waals surface area contributed by atoms with E-state index in [1.165, 1.54) is 0 Å². The van der Waals surface area contributed by atoms with Gasteiger partial charge in [0.05, 0.1) is 0 Å². The zero-order chi connectivity index (χ0) is 15.4. The van der Waals surface area contributed by atoms with Gasteiger partial charge in [0.1, 0.15) is 0 Å². The summed E-state index contributed by atoms with van der Waals surface area (Å²) >= 11 is 0. The summed E-state index contributed by atoms with van der Waals surface area (Å²) in [4.78, 5) is 0. The average Bonchev–Trinajstić information content (AvgIpc) is 2.61. The molecule has 0 saturated carbocycles. The fourth-order valence-corrected chi connectivity index (χ4v) is 1.03. The average molecular weight is 436 g/mol. The first-order valence-corrected chi connectivity index (χ1v) is 6.96. The molecule has 0 bridgehead atoms. The summed E-state index contributed by atoms with van der Waals surface area (Å²) in [5.74, 6) is 0. The van der Waals surface area contributed by atoms with Crippen molar-refractivity contribution in [2.45, 2.75) is 0 Å². The van der Waals surface area contributed by atoms with E-state index in [1.54, 1.807) is 0 Å². The van der Waals surface area contributed by atoms with Crippen LogP contribution >= 0.6 is 8.34 Å². The molecule has 25 heavy (non-hydrogen) atoms. The number of hydrogen-bond donors (Lipinski definition) is 0. The number of rotatable bonds is 0. The van der Waals surface area contributed by atoms with Crippen LogP contribution in [0.3, 0.4) is 0 Å². The molecule has 0 fully saturated rings. The molecular formula is C19H19Cl2MnO2P-4. The second-order valence-corrected chi connectivity index (χ2v) is 3.48. The van der Waals surface area contributed by atoms with E-state index in [0.717, 1.165) is 0 Å². The summed E-state index contributed by atoms with van der Waals surface area (Å²) in [5, 5.41) is 0. The molecule has 137 valence electrons. The maximum absolute atomic E-state index is 8.40. The summed E-state index contributed by atoms with van der Waals surface area (Å²) in [6.07, 6.45) is 0. The van der Waals surface area contributed by atoms with Crippen molar-refractivity contribution in [1.29, 1.82) is 0 Å². The minimum Gasteiger partial charge on any atom is -1.00 e. The van der Waals surface area contributed by atoms with Crippen molar-refractivity contribution < 1.29 is 51.0 Å². The third kappa shape index (κ3) is 34.8. The Morgan fingerprint density at radius 2 is 0.640 bits per heavy atom. The molecule has 0 N–H and O–H groups in total. The van der Waals surface area contributed by atoms with Gasteiger partial charge in [-0.1, -0.05) is 0 Å². The van der Waals surface area contributed by atoms with Crippen molar-refractivity contribution in [3.63, 3.8) is 0 Å². The number of hydrogen-bond acceptors (Lipinski definition) is 2. The Kier molecular flexibility index (Phi) is 47.6. The third-order valence-corrected chi connectivity index (χ3v) is 1.82. The molecule has 0 aliphatic carbocycles. The monoisotopic (exact) mass is 435 g/mol. The van der Waals surface area contributed by atoms with Gasteiger partial charge in [-0.05, 0) is 0 Å². The van der Waals surface area contributed by atoms with Crippen molar-refractivity contribution >= 4 is 8.34 Å². The summed E-state index contributed by atoms with van der Waals surface area (Å²) < 4.78 is 16.8. The van der Waals surface area contributed by atoms with Gasteiger partial charge >= 0.3 is 25.4 Å². The Morgan fingerprint density at radius 3 is 0.680 bits per heavy atom. The minimum absolute atomic E-state index is 0. The molecule has 3 rings (SSSR count). The van der Waals surface area contributed by atoms with E-state index < -0.39 is 8.34 Å². The van der Waals surface area contributed by atoms with Crippen LogP contribution in [0, 0.1) is 25.6 Å². The van der Waals surface area contributed by atoms with Crippen LogP contribution in [0.25, 0.3) is 0 Å². The van der Waals surface area contributed by atoms with Crippen LogP contribution in [0.2, 0.25) is 0 Å². The van der Waals surface area contributed by atoms with Crippen LogP contribution in [-0.2, 0) is 26.2 Å². The molecule has 0 aliphatic rings. The van der Waals surface area contributed by atoms with E-state index in [1.807, 2.05) is 91.0 Å². The van der Waals surface area contributed by atoms with E-state index in [4.69, 9.17) is 9.13 Å². The zero-order valence-corrected chi connectivity index (χ0v) is 17.3. The molecule has 0 heterocycles. The van der Waals surface area contributed by atoms with Crippen molar-refractivity contribution in [3.8, 4) is 0 Å². The maximum Gasteiger partial charge on any atom is 2.00 e. The van der Waals surface area contributed by atoms with Gasteiger partial charge in [-0.15, -0.1) is 0 Å². The Hall–Kier alpha value is -1.34. The number of halogens is 2. The van der Waals surface area contributed by atoms with E-state index in [2.05, 4.69) is 18.2 Å². The molecular weight excluding hydrogens is 417 g/mol. The van der Waals surface area contributed by atoms with E-state index >= 15 is 0 Å². The maximum atomic E-state index is 8.40. The minimum atomic E-state index is -1.42. The van der Waals surface area contributed by atoms with E-state index in [0.29, 0.717) is 0 Å². The van der Waals surface area contributed by atoms with Crippen LogP contribution in [-0.4, -0.2) is 0 Å². The molecule has 2 nitrogen and oxygen atoms in total. The molecule has 3 aromatic rings. The molecule has 0 amide bonds. The van der Waals surface area contributed by atoms with E-state index in [9.17, 15) is 0 Å². The summed E-state index contributed by atoms with van der Waals surface area (Å²) in [5.41, 5.74) is 0. The van der Waals surface area contributed by atoms with Crippen LogP contribution in [0.4, 0.5) is 0 Å². The zero-order valence-electron chi connectivity index (χ0n) is 13.6. The smallest absolute Gasteiger partial charge is 1.00 e. The normalized spacial score (nSPS) is 6.24. The molecule has 0 spiro atoms. The van der Waals surface area contributed by atoms with Gasteiger partial charge in [-0.25, -0.2) is 9.13 Å². The largest absolute Gasteiger partial charge is 2.00 e. The van der Waals surface area contributed by atoms with Crippen molar-refractivity contribution in [2.75, 3.05) is 0 Å². The van der Waals surface area contributed by atoms with E-state index in [-0.39, 0.29) is 49.3 Å². The molecule has 6 heteroatoms. The summed E-state index contributed by atoms with van der Waals surface area (Å²) in [6, 6.07) is 37.5. The Bertz CT molecular complexity index is 397. The molecule has 3 aromatic carbocycles. The van der Waals surface area contributed by atoms with Gasteiger partial charge in [0, 0.05) is 0 Å². The SMILES string of the molecule is O=[PH]=O.[CH3-].[Cl-].[Cl-].[Mn+2].[c-]1ccccc1.[c-]1ccccc1.[c-]1ccccc1. The Labute approximate surface area is 175 Å². The van der Waals surface area contributed by atoms with Crippen LogP contribution in [0.1, 0.15) is 0 Å². The molecule has 0 saturated heterocycles. The third-order valence-electron chi connectivity index (χ3n) is 1.82. The van der Waals surface area contributed by atoms with Gasteiger partial charge in [-0.3, -0.25) is 0 Å². The van der Waals surface area contributed by atoms with Gasteiger partial charge in [-0.2, -0.15) is 109 Å². The van der Waals surface area contributed by atoms with Gasteiger partial charge in [0.25, 0.3) is 0 Å². The number of benzene rings is 3. The van der Waals surface area contributed by atoms with Crippen molar-refractivity contribution in [2.24, 2.45) is 0 Å². The first kappa shape index (κ1) is 34.9. The fraction of sp³-hybridized carbons (Fsp3) is 0. The molecule has 0 aromatic heterocycles. The molecule has 1 radical (unpaired) electrons. The first-order chi connectivity index (χ1) is 10.4. The summed E-state index contributed by atoms with van der Waals surface area (Å²) in [7, 11) is -1.42. The molecule has 0 aliphatic heterocycles. The van der Waals surface area contributed by atoms with Crippen molar-refractivity contribution in [1.82, 2.24) is 0 Å². The second kappa shape index (κ2) is 34.1. The molecule has 0 atom stereocenters. The van der Waals surface area contributed by atoms with Crippen LogP contribution < -0.4 is 24.8 Å². The quantitative estimate of drug-likeness (QED) is 0.265. The Balaban J connectivity index is -0.0000000692. The van der Waals surface area contributed by atoms with Gasteiger partial charge in [0.2, 0.25) is 0 Å². The predicted octanol–water partition coefficient (Wildman–Crippen LogP) is -0.728. The summed E-state index contributed by atoms with van der Waals surface area (Å²) in [6.45, 7) is 0. The fourth-order valence-electron chi connectivity index (χ4n) is 1.03. The molecule has 0 unspecified atom stereocenters. The first-order valence-electron chi connectivity index (χ1n) is 6.14. The standard InChI is InChI=1S/3C6H5.CH3.2ClH.Mn.HO2P/c3*1-2-4-6-5-3-1;;;;;1-3-2/h3*1-5H;1H3;2*1H;;3H/q4*-1;;;+2;/p-2. The van der Waals surface area contributed by atoms with Gasteiger partial charge in [0.15, 0.2) is 0 Å². The van der Waals surface area contributed by atoms with Crippen LogP contribution in [0.5, 0.6) is 0 Å². The van der Waals surface area contributed by atoms with Crippen LogP contribution in [0.15, 0.2) is 91.0 Å². The topological polar surface area (TPSA) is 34.1 Å². The Morgan fingerprint density at radius 1 is 0.480 bits per heavy atom.